The van der Waals surface area contributed by atoms with Crippen LogP contribution in [-0.2, 0) is 6.67 Å². The van der Waals surface area contributed by atoms with Gasteiger partial charge >= 0.3 is 0 Å². The lowest BCUT2D eigenvalue weighted by Gasteiger charge is -2.34. The van der Waals surface area contributed by atoms with Crippen molar-refractivity contribution in [2.75, 3.05) is 26.2 Å². The molecule has 1 amide bonds. The van der Waals surface area contributed by atoms with Crippen molar-refractivity contribution in [1.82, 2.24) is 14.4 Å². The van der Waals surface area contributed by atoms with Crippen LogP contribution in [0.3, 0.4) is 0 Å². The number of nitrogens with zero attached hydrogens (tertiary/aromatic N) is 3. The Kier molecular flexibility index (Phi) is 4.22. The maximum Gasteiger partial charge on any atom is 0.270 e. The summed E-state index contributed by atoms with van der Waals surface area (Å²) in [6, 6.07) is 11.7. The topological polar surface area (TPSA) is 41.6 Å². The van der Waals surface area contributed by atoms with Crippen molar-refractivity contribution in [1.29, 1.82) is 0 Å². The van der Waals surface area contributed by atoms with E-state index >= 15 is 0 Å². The van der Waals surface area contributed by atoms with Crippen LogP contribution < -0.4 is 0 Å². The van der Waals surface area contributed by atoms with E-state index in [-0.39, 0.29) is 5.91 Å². The SMILES string of the molecule is O=C(c1cccs1)N1CCN(Cn2c(=S)oc3ccccc32)CC1. The zero-order valence-electron chi connectivity index (χ0n) is 13.1. The number of oxazole rings is 1. The molecule has 0 radical (unpaired) electrons. The minimum Gasteiger partial charge on any atom is -0.429 e. The lowest BCUT2D eigenvalue weighted by atomic mass is 10.3. The van der Waals surface area contributed by atoms with Gasteiger partial charge in [-0.2, -0.15) is 0 Å². The molecule has 5 nitrogen and oxygen atoms in total. The number of benzene rings is 1. The van der Waals surface area contributed by atoms with Gasteiger partial charge in [0, 0.05) is 26.2 Å². The summed E-state index contributed by atoms with van der Waals surface area (Å²) in [4.78, 5) is 17.9. The Balaban J connectivity index is 1.44. The summed E-state index contributed by atoms with van der Waals surface area (Å²) in [5, 5.41) is 1.94. The van der Waals surface area contributed by atoms with E-state index < -0.39 is 0 Å². The second kappa shape index (κ2) is 6.51. The van der Waals surface area contributed by atoms with Crippen LogP contribution in [0.2, 0.25) is 0 Å². The van der Waals surface area contributed by atoms with Crippen LogP contribution in [0.15, 0.2) is 46.2 Å². The van der Waals surface area contributed by atoms with E-state index in [1.807, 2.05) is 51.2 Å². The molecule has 24 heavy (non-hydrogen) atoms. The van der Waals surface area contributed by atoms with E-state index in [4.69, 9.17) is 16.6 Å². The third-order valence-electron chi connectivity index (χ3n) is 4.31. The fourth-order valence-electron chi connectivity index (χ4n) is 3.00. The number of piperazine rings is 1. The van der Waals surface area contributed by atoms with Gasteiger partial charge in [0.1, 0.15) is 0 Å². The molecule has 1 fully saturated rings. The normalized spacial score (nSPS) is 15.9. The van der Waals surface area contributed by atoms with Crippen molar-refractivity contribution in [2.24, 2.45) is 0 Å². The van der Waals surface area contributed by atoms with Crippen LogP contribution in [-0.4, -0.2) is 46.5 Å². The van der Waals surface area contributed by atoms with Gasteiger partial charge in [-0.3, -0.25) is 14.3 Å². The van der Waals surface area contributed by atoms with Crippen LogP contribution in [0.25, 0.3) is 11.1 Å². The maximum absolute atomic E-state index is 12.4. The van der Waals surface area contributed by atoms with Crippen molar-refractivity contribution in [3.05, 3.63) is 51.5 Å². The van der Waals surface area contributed by atoms with Crippen LogP contribution in [0.4, 0.5) is 0 Å². The molecule has 1 aliphatic heterocycles. The first-order chi connectivity index (χ1) is 11.7. The molecule has 0 atom stereocenters. The number of carbonyl (C=O) groups excluding carboxylic acids is 1. The molecule has 0 N–H and O–H groups in total. The first-order valence-corrected chi connectivity index (χ1v) is 9.15. The highest BCUT2D eigenvalue weighted by molar-refractivity contribution is 7.71. The highest BCUT2D eigenvalue weighted by Gasteiger charge is 2.23. The van der Waals surface area contributed by atoms with E-state index in [0.29, 0.717) is 11.5 Å². The molecule has 1 aliphatic rings. The lowest BCUT2D eigenvalue weighted by molar-refractivity contribution is 0.0599. The van der Waals surface area contributed by atoms with E-state index in [2.05, 4.69) is 4.90 Å². The van der Waals surface area contributed by atoms with Crippen LogP contribution in [0, 0.1) is 4.84 Å². The summed E-state index contributed by atoms with van der Waals surface area (Å²) in [5.74, 6) is 0.134. The van der Waals surface area contributed by atoms with Crippen molar-refractivity contribution >= 4 is 40.6 Å². The van der Waals surface area contributed by atoms with Gasteiger partial charge in [0.25, 0.3) is 10.7 Å². The first kappa shape index (κ1) is 15.6. The monoisotopic (exact) mass is 359 g/mol. The van der Waals surface area contributed by atoms with Crippen molar-refractivity contribution in [3.63, 3.8) is 0 Å². The Morgan fingerprint density at radius 3 is 2.67 bits per heavy atom. The number of rotatable bonds is 3. The summed E-state index contributed by atoms with van der Waals surface area (Å²) >= 11 is 6.84. The zero-order valence-corrected chi connectivity index (χ0v) is 14.7. The Labute approximate surface area is 148 Å². The largest absolute Gasteiger partial charge is 0.429 e. The Bertz CT molecular complexity index is 905. The molecule has 124 valence electrons. The second-order valence-corrected chi connectivity index (χ2v) is 7.09. The van der Waals surface area contributed by atoms with Gasteiger partial charge in [0.2, 0.25) is 0 Å². The van der Waals surface area contributed by atoms with E-state index in [1.165, 1.54) is 11.3 Å². The molecule has 3 aromatic rings. The quantitative estimate of drug-likeness (QED) is 0.672. The van der Waals surface area contributed by atoms with Crippen molar-refractivity contribution < 1.29 is 9.21 Å². The molecule has 1 saturated heterocycles. The van der Waals surface area contributed by atoms with Gasteiger partial charge in [-0.15, -0.1) is 11.3 Å². The standard InChI is InChI=1S/C17H17N3O2S2/c21-16(15-6-3-11-24-15)19-9-7-18(8-10-19)12-20-13-4-1-2-5-14(13)22-17(20)23/h1-6,11H,7-10,12H2. The zero-order chi connectivity index (χ0) is 16.5. The number of hydrogen-bond acceptors (Lipinski definition) is 5. The molecule has 2 aromatic heterocycles. The average molecular weight is 359 g/mol. The average Bonchev–Trinajstić information content (AvgIpc) is 3.24. The summed E-state index contributed by atoms with van der Waals surface area (Å²) in [7, 11) is 0. The molecule has 0 saturated carbocycles. The molecule has 7 heteroatoms. The number of fused-ring (bicyclic) bond motifs is 1. The van der Waals surface area contributed by atoms with E-state index in [9.17, 15) is 4.79 Å². The molecule has 0 bridgehead atoms. The Morgan fingerprint density at radius 1 is 1.12 bits per heavy atom. The Hall–Kier alpha value is -1.96. The molecule has 4 rings (SSSR count). The van der Waals surface area contributed by atoms with Gasteiger partial charge in [-0.25, -0.2) is 0 Å². The van der Waals surface area contributed by atoms with Crippen molar-refractivity contribution in [3.8, 4) is 0 Å². The minimum absolute atomic E-state index is 0.134. The summed E-state index contributed by atoms with van der Waals surface area (Å²) in [6.07, 6.45) is 0. The predicted octanol–water partition coefficient (Wildman–Crippen LogP) is 3.44. The molecule has 3 heterocycles. The highest BCUT2D eigenvalue weighted by Crippen LogP contribution is 2.19. The fourth-order valence-corrected chi connectivity index (χ4v) is 3.93. The number of amides is 1. The maximum atomic E-state index is 12.4. The third kappa shape index (κ3) is 2.90. The number of para-hydroxylation sites is 2. The Morgan fingerprint density at radius 2 is 1.92 bits per heavy atom. The summed E-state index contributed by atoms with van der Waals surface area (Å²) in [5.41, 5.74) is 1.83. The van der Waals surface area contributed by atoms with Crippen LogP contribution >= 0.6 is 23.6 Å². The molecule has 0 spiro atoms. The van der Waals surface area contributed by atoms with Gasteiger partial charge in [-0.05, 0) is 35.8 Å². The molecular weight excluding hydrogens is 342 g/mol. The number of thiophene rings is 1. The summed E-state index contributed by atoms with van der Waals surface area (Å²) in [6.45, 7) is 3.83. The molecule has 1 aromatic carbocycles. The van der Waals surface area contributed by atoms with Gasteiger partial charge in [0.05, 0.1) is 17.1 Å². The highest BCUT2D eigenvalue weighted by atomic mass is 32.1. The van der Waals surface area contributed by atoms with Crippen LogP contribution in [0.1, 0.15) is 9.67 Å². The van der Waals surface area contributed by atoms with Gasteiger partial charge in [-0.1, -0.05) is 18.2 Å². The predicted molar refractivity (Wildman–Crippen MR) is 96.8 cm³/mol. The molecular formula is C17H17N3O2S2. The lowest BCUT2D eigenvalue weighted by Crippen LogP contribution is -2.48. The fraction of sp³-hybridized carbons (Fsp3) is 0.294. The number of carbonyl (C=O) groups is 1. The molecule has 0 unspecified atom stereocenters. The van der Waals surface area contributed by atoms with Gasteiger partial charge in [0.15, 0.2) is 5.58 Å². The van der Waals surface area contributed by atoms with E-state index in [1.54, 1.807) is 0 Å². The minimum atomic E-state index is 0.134. The third-order valence-corrected chi connectivity index (χ3v) is 5.47. The second-order valence-electron chi connectivity index (χ2n) is 5.79. The summed E-state index contributed by atoms with van der Waals surface area (Å²) < 4.78 is 7.65. The molecule has 0 aliphatic carbocycles. The number of hydrogen-bond donors (Lipinski definition) is 0. The van der Waals surface area contributed by atoms with Crippen LogP contribution in [0.5, 0.6) is 0 Å². The number of aromatic nitrogens is 1. The smallest absolute Gasteiger partial charge is 0.270 e. The first-order valence-electron chi connectivity index (χ1n) is 7.86. The van der Waals surface area contributed by atoms with E-state index in [0.717, 1.165) is 42.2 Å². The van der Waals surface area contributed by atoms with Gasteiger partial charge < -0.3 is 9.32 Å². The van der Waals surface area contributed by atoms with Crippen molar-refractivity contribution in [2.45, 2.75) is 6.67 Å².